The third-order valence-electron chi connectivity index (χ3n) is 2.60. The highest BCUT2D eigenvalue weighted by molar-refractivity contribution is 5.67. The van der Waals surface area contributed by atoms with Gasteiger partial charge in [0.25, 0.3) is 0 Å². The lowest BCUT2D eigenvalue weighted by atomic mass is 9.94. The quantitative estimate of drug-likeness (QED) is 0.832. The molecule has 1 atom stereocenters. The molecule has 0 aliphatic heterocycles. The van der Waals surface area contributed by atoms with Crippen molar-refractivity contribution in [2.75, 3.05) is 6.54 Å². The van der Waals surface area contributed by atoms with Crippen LogP contribution < -0.4 is 5.32 Å². The van der Waals surface area contributed by atoms with Crippen LogP contribution in [0.5, 0.6) is 0 Å². The third-order valence-corrected chi connectivity index (χ3v) is 2.60. The fourth-order valence-electron chi connectivity index (χ4n) is 1.97. The number of H-pyrrole nitrogens is 1. The summed E-state index contributed by atoms with van der Waals surface area (Å²) in [6.45, 7) is 10.4. The van der Waals surface area contributed by atoms with Crippen molar-refractivity contribution in [3.63, 3.8) is 0 Å². The summed E-state index contributed by atoms with van der Waals surface area (Å²) in [7, 11) is 0. The fourth-order valence-corrected chi connectivity index (χ4v) is 1.97. The Morgan fingerprint density at radius 2 is 2.10 bits per heavy atom. The molecule has 1 aromatic rings. The maximum atomic E-state index is 11.7. The number of aromatic nitrogens is 4. The van der Waals surface area contributed by atoms with E-state index in [9.17, 15) is 4.79 Å². The molecule has 1 rings (SSSR count). The molecule has 1 amide bonds. The molecule has 0 saturated heterocycles. The van der Waals surface area contributed by atoms with Crippen molar-refractivity contribution < 1.29 is 9.53 Å². The molecule has 1 heterocycles. The van der Waals surface area contributed by atoms with Gasteiger partial charge >= 0.3 is 6.09 Å². The van der Waals surface area contributed by atoms with E-state index in [0.717, 1.165) is 6.42 Å². The van der Waals surface area contributed by atoms with Crippen molar-refractivity contribution in [3.8, 4) is 0 Å². The maximum absolute atomic E-state index is 11.7. The number of carbonyl (C=O) groups is 1. The Balaban J connectivity index is 2.46. The standard InChI is InChI=1S/C13H25N5O2/c1-9(2)6-10(7-11-15-17-18-16-11)8-14-12(19)20-13(3,4)5/h9-10H,6-8H2,1-5H3,(H,14,19)(H,15,16,17,18). The molecule has 20 heavy (non-hydrogen) atoms. The largest absolute Gasteiger partial charge is 0.444 e. The van der Waals surface area contributed by atoms with E-state index in [4.69, 9.17) is 4.74 Å². The van der Waals surface area contributed by atoms with Crippen molar-refractivity contribution >= 4 is 6.09 Å². The number of aromatic amines is 1. The third kappa shape index (κ3) is 7.06. The molecular formula is C13H25N5O2. The molecule has 0 fully saturated rings. The van der Waals surface area contributed by atoms with Gasteiger partial charge in [-0.05, 0) is 39.0 Å². The van der Waals surface area contributed by atoms with Gasteiger partial charge in [-0.2, -0.15) is 5.21 Å². The first kappa shape index (κ1) is 16.4. The number of carbonyl (C=O) groups excluding carboxylic acids is 1. The van der Waals surface area contributed by atoms with Crippen molar-refractivity contribution in [3.05, 3.63) is 5.82 Å². The van der Waals surface area contributed by atoms with Crippen LogP contribution in [0, 0.1) is 11.8 Å². The van der Waals surface area contributed by atoms with E-state index >= 15 is 0 Å². The second-order valence-corrected chi connectivity index (χ2v) is 6.41. The van der Waals surface area contributed by atoms with Crippen LogP contribution in [0.3, 0.4) is 0 Å². The van der Waals surface area contributed by atoms with Crippen LogP contribution in [0.2, 0.25) is 0 Å². The zero-order valence-electron chi connectivity index (χ0n) is 12.9. The second-order valence-electron chi connectivity index (χ2n) is 6.41. The van der Waals surface area contributed by atoms with Crippen LogP contribution in [0.25, 0.3) is 0 Å². The van der Waals surface area contributed by atoms with Crippen LogP contribution >= 0.6 is 0 Å². The molecule has 1 unspecified atom stereocenters. The number of nitrogens with one attached hydrogen (secondary N) is 2. The highest BCUT2D eigenvalue weighted by Crippen LogP contribution is 2.15. The monoisotopic (exact) mass is 283 g/mol. The van der Waals surface area contributed by atoms with Crippen LogP contribution in [-0.2, 0) is 11.2 Å². The molecule has 0 aliphatic rings. The molecule has 0 radical (unpaired) electrons. The molecule has 0 aliphatic carbocycles. The predicted molar refractivity (Wildman–Crippen MR) is 75.1 cm³/mol. The number of hydrogen-bond donors (Lipinski definition) is 2. The zero-order valence-corrected chi connectivity index (χ0v) is 12.9. The van der Waals surface area contributed by atoms with E-state index in [1.807, 2.05) is 20.8 Å². The first-order chi connectivity index (χ1) is 9.26. The fraction of sp³-hybridized carbons (Fsp3) is 0.846. The Morgan fingerprint density at radius 3 is 2.60 bits per heavy atom. The van der Waals surface area contributed by atoms with E-state index in [2.05, 4.69) is 39.8 Å². The smallest absolute Gasteiger partial charge is 0.407 e. The van der Waals surface area contributed by atoms with Gasteiger partial charge in [0.15, 0.2) is 5.82 Å². The molecule has 0 spiro atoms. The Morgan fingerprint density at radius 1 is 1.40 bits per heavy atom. The predicted octanol–water partition coefficient (Wildman–Crippen LogP) is 1.93. The van der Waals surface area contributed by atoms with Crippen molar-refractivity contribution in [2.45, 2.75) is 53.1 Å². The highest BCUT2D eigenvalue weighted by atomic mass is 16.6. The maximum Gasteiger partial charge on any atom is 0.407 e. The van der Waals surface area contributed by atoms with Crippen molar-refractivity contribution in [1.82, 2.24) is 25.9 Å². The van der Waals surface area contributed by atoms with Crippen LogP contribution in [0.4, 0.5) is 4.79 Å². The van der Waals surface area contributed by atoms with E-state index in [0.29, 0.717) is 24.7 Å². The lowest BCUT2D eigenvalue weighted by Crippen LogP contribution is -2.36. The topological polar surface area (TPSA) is 92.8 Å². The van der Waals surface area contributed by atoms with Crippen LogP contribution in [0.1, 0.15) is 46.9 Å². The summed E-state index contributed by atoms with van der Waals surface area (Å²) in [6.07, 6.45) is 1.27. The molecule has 0 aromatic carbocycles. The summed E-state index contributed by atoms with van der Waals surface area (Å²) in [5.74, 6) is 1.47. The Hall–Kier alpha value is -1.66. The Bertz CT molecular complexity index is 397. The number of amides is 1. The average molecular weight is 283 g/mol. The number of nitrogens with zero attached hydrogens (tertiary/aromatic N) is 3. The first-order valence-corrected chi connectivity index (χ1v) is 6.95. The van der Waals surface area contributed by atoms with Crippen molar-refractivity contribution in [1.29, 1.82) is 0 Å². The molecule has 0 bridgehead atoms. The Labute approximate surface area is 119 Å². The van der Waals surface area contributed by atoms with Gasteiger partial charge in [-0.1, -0.05) is 19.1 Å². The van der Waals surface area contributed by atoms with Crippen molar-refractivity contribution in [2.24, 2.45) is 11.8 Å². The van der Waals surface area contributed by atoms with E-state index in [1.54, 1.807) is 0 Å². The number of hydrogen-bond acceptors (Lipinski definition) is 5. The van der Waals surface area contributed by atoms with Gasteiger partial charge in [0.05, 0.1) is 0 Å². The van der Waals surface area contributed by atoms with Gasteiger partial charge in [0.1, 0.15) is 5.60 Å². The Kier molecular flexibility index (Phi) is 5.91. The van der Waals surface area contributed by atoms with Gasteiger partial charge in [-0.15, -0.1) is 10.2 Å². The molecule has 1 aromatic heterocycles. The number of alkyl carbamates (subject to hydrolysis) is 1. The van der Waals surface area contributed by atoms with Crippen LogP contribution in [-0.4, -0.2) is 38.9 Å². The molecule has 114 valence electrons. The lowest BCUT2D eigenvalue weighted by molar-refractivity contribution is 0.0516. The summed E-state index contributed by atoms with van der Waals surface area (Å²) >= 11 is 0. The van der Waals surface area contributed by atoms with E-state index in [-0.39, 0.29) is 12.0 Å². The molecular weight excluding hydrogens is 258 g/mol. The van der Waals surface area contributed by atoms with Gasteiger partial charge in [0.2, 0.25) is 0 Å². The zero-order chi connectivity index (χ0) is 15.2. The number of rotatable bonds is 6. The normalized spacial score (nSPS) is 13.3. The number of tetrazole rings is 1. The average Bonchev–Trinajstić information content (AvgIpc) is 2.75. The minimum atomic E-state index is -0.481. The molecule has 7 nitrogen and oxygen atoms in total. The van der Waals surface area contributed by atoms with Gasteiger partial charge < -0.3 is 10.1 Å². The summed E-state index contributed by atoms with van der Waals surface area (Å²) in [5.41, 5.74) is -0.481. The molecule has 2 N–H and O–H groups in total. The van der Waals surface area contributed by atoms with Gasteiger partial charge in [0, 0.05) is 13.0 Å². The SMILES string of the molecule is CC(C)CC(CNC(=O)OC(C)(C)C)Cc1nn[nH]n1. The van der Waals surface area contributed by atoms with Gasteiger partial charge in [-0.25, -0.2) is 4.79 Å². The van der Waals surface area contributed by atoms with E-state index < -0.39 is 5.60 Å². The van der Waals surface area contributed by atoms with Crippen LogP contribution in [0.15, 0.2) is 0 Å². The second kappa shape index (κ2) is 7.21. The lowest BCUT2D eigenvalue weighted by Gasteiger charge is -2.22. The summed E-state index contributed by atoms with van der Waals surface area (Å²) in [5, 5.41) is 16.7. The minimum Gasteiger partial charge on any atom is -0.444 e. The van der Waals surface area contributed by atoms with E-state index in [1.165, 1.54) is 0 Å². The summed E-state index contributed by atoms with van der Waals surface area (Å²) in [6, 6.07) is 0. The van der Waals surface area contributed by atoms with Gasteiger partial charge in [-0.3, -0.25) is 0 Å². The minimum absolute atomic E-state index is 0.264. The summed E-state index contributed by atoms with van der Waals surface area (Å²) < 4.78 is 5.23. The molecule has 0 saturated carbocycles. The first-order valence-electron chi connectivity index (χ1n) is 6.95. The molecule has 7 heteroatoms. The summed E-state index contributed by atoms with van der Waals surface area (Å²) in [4.78, 5) is 11.7. The highest BCUT2D eigenvalue weighted by Gasteiger charge is 2.19. The number of ether oxygens (including phenoxy) is 1.